The van der Waals surface area contributed by atoms with Gasteiger partial charge in [-0.3, -0.25) is 19.3 Å². The van der Waals surface area contributed by atoms with Gasteiger partial charge in [0.25, 0.3) is 11.5 Å². The molecule has 0 bridgehead atoms. The lowest BCUT2D eigenvalue weighted by Crippen LogP contribution is -2.47. The van der Waals surface area contributed by atoms with Gasteiger partial charge in [0.2, 0.25) is 5.91 Å². The number of amides is 2. The molecule has 8 nitrogen and oxygen atoms in total. The van der Waals surface area contributed by atoms with Gasteiger partial charge in [-0.1, -0.05) is 32.0 Å². The van der Waals surface area contributed by atoms with Crippen LogP contribution in [-0.2, 0) is 11.3 Å². The Balaban J connectivity index is 1.81. The molecule has 3 rings (SSSR count). The lowest BCUT2D eigenvalue weighted by Gasteiger charge is -2.31. The van der Waals surface area contributed by atoms with E-state index in [0.29, 0.717) is 30.4 Å². The number of carbonyl (C=O) groups is 2. The summed E-state index contributed by atoms with van der Waals surface area (Å²) in [4.78, 5) is 38.7. The van der Waals surface area contributed by atoms with E-state index in [9.17, 15) is 14.4 Å². The molecule has 0 aliphatic carbocycles. The van der Waals surface area contributed by atoms with E-state index in [1.165, 1.54) is 4.68 Å². The Bertz CT molecular complexity index is 929. The Morgan fingerprint density at radius 2 is 1.86 bits per heavy atom. The zero-order valence-corrected chi connectivity index (χ0v) is 16.4. The van der Waals surface area contributed by atoms with Gasteiger partial charge >= 0.3 is 0 Å². The van der Waals surface area contributed by atoms with Crippen molar-refractivity contribution in [2.75, 3.05) is 19.6 Å². The fourth-order valence-corrected chi connectivity index (χ4v) is 3.58. The van der Waals surface area contributed by atoms with Gasteiger partial charge in [-0.05, 0) is 24.8 Å². The van der Waals surface area contributed by atoms with E-state index in [4.69, 9.17) is 5.73 Å². The first-order chi connectivity index (χ1) is 13.3. The number of rotatable bonds is 6. The first-order valence-corrected chi connectivity index (χ1v) is 9.66. The number of piperidine rings is 1. The van der Waals surface area contributed by atoms with Crippen molar-refractivity contribution in [2.24, 2.45) is 11.7 Å². The van der Waals surface area contributed by atoms with Gasteiger partial charge < -0.3 is 11.1 Å². The molecule has 0 spiro atoms. The largest absolute Gasteiger partial charge is 0.369 e. The Morgan fingerprint density at radius 3 is 2.46 bits per heavy atom. The molecule has 0 saturated carbocycles. The summed E-state index contributed by atoms with van der Waals surface area (Å²) in [5.41, 5.74) is 5.34. The molecule has 1 aromatic carbocycles. The number of hydrogen-bond acceptors (Lipinski definition) is 5. The van der Waals surface area contributed by atoms with Gasteiger partial charge in [-0.25, -0.2) is 4.68 Å². The zero-order valence-electron chi connectivity index (χ0n) is 16.4. The van der Waals surface area contributed by atoms with Gasteiger partial charge in [0.05, 0.1) is 11.9 Å². The highest BCUT2D eigenvalue weighted by molar-refractivity contribution is 6.04. The normalized spacial score (nSPS) is 15.8. The standard InChI is InChI=1S/C20H27N5O3/c1-13(2)11-25-20(28)16-6-4-3-5-15(16)18(23-25)19(27)22-14-7-9-24(10-8-14)12-17(21)26/h3-6,13-14H,7-12H2,1-2H3,(H2,21,26)(H,22,27). The maximum Gasteiger partial charge on any atom is 0.274 e. The molecule has 2 amide bonds. The Morgan fingerprint density at radius 1 is 1.21 bits per heavy atom. The van der Waals surface area contributed by atoms with Crippen LogP contribution in [0.3, 0.4) is 0 Å². The number of fused-ring (bicyclic) bond motifs is 1. The zero-order chi connectivity index (χ0) is 20.3. The minimum atomic E-state index is -0.342. The highest BCUT2D eigenvalue weighted by Gasteiger charge is 2.24. The van der Waals surface area contributed by atoms with Crippen LogP contribution in [-0.4, -0.2) is 52.2 Å². The minimum absolute atomic E-state index is 0.00247. The third kappa shape index (κ3) is 4.56. The van der Waals surface area contributed by atoms with Crippen molar-refractivity contribution >= 4 is 22.6 Å². The molecule has 2 heterocycles. The molecule has 2 aromatic rings. The SMILES string of the molecule is CC(C)Cn1nc(C(=O)NC2CCN(CC(N)=O)CC2)c2ccccc2c1=O. The fourth-order valence-electron chi connectivity index (χ4n) is 3.58. The lowest BCUT2D eigenvalue weighted by molar-refractivity contribution is -0.119. The molecule has 8 heteroatoms. The molecule has 3 N–H and O–H groups in total. The topological polar surface area (TPSA) is 110 Å². The van der Waals surface area contributed by atoms with Crippen LogP contribution in [0.4, 0.5) is 0 Å². The molecule has 150 valence electrons. The van der Waals surface area contributed by atoms with Crippen LogP contribution in [0.5, 0.6) is 0 Å². The predicted octanol–water partition coefficient (Wildman–Crippen LogP) is 0.732. The van der Waals surface area contributed by atoms with E-state index in [1.807, 2.05) is 18.7 Å². The van der Waals surface area contributed by atoms with E-state index >= 15 is 0 Å². The van der Waals surface area contributed by atoms with E-state index in [1.54, 1.807) is 24.3 Å². The maximum atomic E-state index is 13.0. The highest BCUT2D eigenvalue weighted by Crippen LogP contribution is 2.16. The number of nitrogens with zero attached hydrogens (tertiary/aromatic N) is 3. The van der Waals surface area contributed by atoms with Crippen LogP contribution < -0.4 is 16.6 Å². The number of nitrogens with two attached hydrogens (primary N) is 1. The molecule has 28 heavy (non-hydrogen) atoms. The number of benzene rings is 1. The first kappa shape index (κ1) is 20.0. The molecule has 0 unspecified atom stereocenters. The summed E-state index contributed by atoms with van der Waals surface area (Å²) >= 11 is 0. The van der Waals surface area contributed by atoms with Crippen molar-refractivity contribution in [2.45, 2.75) is 39.3 Å². The van der Waals surface area contributed by atoms with E-state index in [-0.39, 0.29) is 41.6 Å². The molecular weight excluding hydrogens is 358 g/mol. The molecule has 1 aromatic heterocycles. The first-order valence-electron chi connectivity index (χ1n) is 9.66. The number of carbonyl (C=O) groups excluding carboxylic acids is 2. The third-order valence-electron chi connectivity index (χ3n) is 4.92. The summed E-state index contributed by atoms with van der Waals surface area (Å²) < 4.78 is 1.39. The Hall–Kier alpha value is -2.74. The van der Waals surface area contributed by atoms with Crippen molar-refractivity contribution in [3.63, 3.8) is 0 Å². The molecule has 1 saturated heterocycles. The quantitative estimate of drug-likeness (QED) is 0.762. The summed E-state index contributed by atoms with van der Waals surface area (Å²) in [7, 11) is 0. The third-order valence-corrected chi connectivity index (χ3v) is 4.92. The molecule has 1 aliphatic rings. The Kier molecular flexibility index (Phi) is 6.08. The minimum Gasteiger partial charge on any atom is -0.369 e. The average Bonchev–Trinajstić information content (AvgIpc) is 2.65. The second kappa shape index (κ2) is 8.52. The van der Waals surface area contributed by atoms with Crippen LogP contribution in [0, 0.1) is 5.92 Å². The van der Waals surface area contributed by atoms with E-state index in [2.05, 4.69) is 10.4 Å². The Labute approximate surface area is 163 Å². The number of primary amides is 1. The second-order valence-electron chi connectivity index (χ2n) is 7.77. The summed E-state index contributed by atoms with van der Waals surface area (Å²) in [6.07, 6.45) is 1.48. The average molecular weight is 385 g/mol. The van der Waals surface area contributed by atoms with Gasteiger partial charge in [-0.2, -0.15) is 5.10 Å². The summed E-state index contributed by atoms with van der Waals surface area (Å²) in [5, 5.41) is 8.49. The van der Waals surface area contributed by atoms with Crippen LogP contribution >= 0.6 is 0 Å². The number of likely N-dealkylation sites (tertiary alicyclic amines) is 1. The van der Waals surface area contributed by atoms with Gasteiger partial charge in [0, 0.05) is 31.1 Å². The maximum absolute atomic E-state index is 13.0. The van der Waals surface area contributed by atoms with Crippen LogP contribution in [0.1, 0.15) is 37.2 Å². The summed E-state index contributed by atoms with van der Waals surface area (Å²) in [6.45, 7) is 6.11. The van der Waals surface area contributed by atoms with Crippen molar-refractivity contribution < 1.29 is 9.59 Å². The highest BCUT2D eigenvalue weighted by atomic mass is 16.2. The van der Waals surface area contributed by atoms with Crippen molar-refractivity contribution in [1.29, 1.82) is 0 Å². The molecule has 0 atom stereocenters. The molecule has 1 fully saturated rings. The lowest BCUT2D eigenvalue weighted by atomic mass is 10.0. The van der Waals surface area contributed by atoms with Gasteiger partial charge in [-0.15, -0.1) is 0 Å². The molecule has 0 radical (unpaired) electrons. The monoisotopic (exact) mass is 385 g/mol. The van der Waals surface area contributed by atoms with Crippen LogP contribution in [0.2, 0.25) is 0 Å². The van der Waals surface area contributed by atoms with Gasteiger partial charge in [0.15, 0.2) is 5.69 Å². The van der Waals surface area contributed by atoms with E-state index in [0.717, 1.165) is 12.8 Å². The van der Waals surface area contributed by atoms with Crippen LogP contribution in [0.15, 0.2) is 29.1 Å². The predicted molar refractivity (Wildman–Crippen MR) is 107 cm³/mol. The smallest absolute Gasteiger partial charge is 0.274 e. The second-order valence-corrected chi connectivity index (χ2v) is 7.77. The van der Waals surface area contributed by atoms with Gasteiger partial charge in [0.1, 0.15) is 0 Å². The number of aromatic nitrogens is 2. The van der Waals surface area contributed by atoms with E-state index < -0.39 is 0 Å². The molecule has 1 aliphatic heterocycles. The van der Waals surface area contributed by atoms with Crippen molar-refractivity contribution in [3.8, 4) is 0 Å². The summed E-state index contributed by atoms with van der Waals surface area (Å²) in [5.74, 6) is -0.385. The van der Waals surface area contributed by atoms with Crippen molar-refractivity contribution in [1.82, 2.24) is 20.0 Å². The fraction of sp³-hybridized carbons (Fsp3) is 0.500. The molecular formula is C20H27N5O3. The number of nitrogens with one attached hydrogen (secondary N) is 1. The van der Waals surface area contributed by atoms with Crippen LogP contribution in [0.25, 0.3) is 10.8 Å². The number of hydrogen-bond donors (Lipinski definition) is 2. The summed E-state index contributed by atoms with van der Waals surface area (Å²) in [6, 6.07) is 7.08. The van der Waals surface area contributed by atoms with Crippen molar-refractivity contribution in [3.05, 3.63) is 40.3 Å².